The molecule has 0 aliphatic rings. The molecule has 1 amide bonds. The topological polar surface area (TPSA) is 101 Å². The number of aromatic nitrogens is 2. The summed E-state index contributed by atoms with van der Waals surface area (Å²) >= 11 is 0. The summed E-state index contributed by atoms with van der Waals surface area (Å²) in [5.41, 5.74) is 1.71. The van der Waals surface area contributed by atoms with Crippen LogP contribution in [0.15, 0.2) is 71.9 Å². The first-order valence-electron chi connectivity index (χ1n) is 8.64. The predicted molar refractivity (Wildman–Crippen MR) is 103 cm³/mol. The normalized spacial score (nSPS) is 11.6. The number of nitrogens with one attached hydrogen (secondary N) is 1. The summed E-state index contributed by atoms with van der Waals surface area (Å²) in [5.74, 6) is -1.99. The van der Waals surface area contributed by atoms with E-state index in [4.69, 9.17) is 0 Å². The zero-order chi connectivity index (χ0) is 20.1. The highest BCUT2D eigenvalue weighted by molar-refractivity contribution is 5.96. The number of rotatable bonds is 6. The second-order valence-electron chi connectivity index (χ2n) is 6.38. The number of pyridine rings is 2. The van der Waals surface area contributed by atoms with Gasteiger partial charge >= 0.3 is 5.97 Å². The van der Waals surface area contributed by atoms with E-state index < -0.39 is 23.5 Å². The van der Waals surface area contributed by atoms with E-state index in [0.717, 1.165) is 11.1 Å². The number of carbonyl (C=O) groups is 2. The molecule has 0 saturated heterocycles. The zero-order valence-corrected chi connectivity index (χ0v) is 15.2. The van der Waals surface area contributed by atoms with E-state index in [-0.39, 0.29) is 5.56 Å². The minimum absolute atomic E-state index is 0.120. The van der Waals surface area contributed by atoms with Crippen LogP contribution in [-0.2, 0) is 11.3 Å². The van der Waals surface area contributed by atoms with Gasteiger partial charge in [0.05, 0.1) is 6.54 Å². The van der Waals surface area contributed by atoms with Gasteiger partial charge in [-0.25, -0.2) is 4.79 Å². The molecule has 1 aromatic carbocycles. The van der Waals surface area contributed by atoms with E-state index in [9.17, 15) is 19.5 Å². The quantitative estimate of drug-likeness (QED) is 0.685. The molecule has 28 heavy (non-hydrogen) atoms. The van der Waals surface area contributed by atoms with Crippen LogP contribution in [0.2, 0.25) is 0 Å². The molecule has 2 aromatic heterocycles. The lowest BCUT2D eigenvalue weighted by atomic mass is 10.1. The molecule has 7 nitrogen and oxygen atoms in total. The Labute approximate surface area is 161 Å². The maximum absolute atomic E-state index is 12.7. The van der Waals surface area contributed by atoms with Crippen LogP contribution < -0.4 is 10.9 Å². The van der Waals surface area contributed by atoms with Gasteiger partial charge in [0.15, 0.2) is 6.04 Å². The molecule has 0 aliphatic carbocycles. The Bertz CT molecular complexity index is 1060. The van der Waals surface area contributed by atoms with Crippen LogP contribution in [-0.4, -0.2) is 26.5 Å². The first kappa shape index (κ1) is 19.0. The molecule has 0 bridgehead atoms. The van der Waals surface area contributed by atoms with Crippen molar-refractivity contribution < 1.29 is 14.7 Å². The van der Waals surface area contributed by atoms with E-state index >= 15 is 0 Å². The van der Waals surface area contributed by atoms with Gasteiger partial charge in [-0.3, -0.25) is 14.6 Å². The van der Waals surface area contributed by atoms with Crippen LogP contribution in [0.5, 0.6) is 0 Å². The molecule has 142 valence electrons. The average Bonchev–Trinajstić information content (AvgIpc) is 2.68. The van der Waals surface area contributed by atoms with E-state index in [1.165, 1.54) is 23.0 Å². The summed E-state index contributed by atoms with van der Waals surface area (Å²) in [7, 11) is 0. The second-order valence-corrected chi connectivity index (χ2v) is 6.38. The molecule has 0 fully saturated rings. The van der Waals surface area contributed by atoms with Crippen molar-refractivity contribution in [2.75, 3.05) is 0 Å². The van der Waals surface area contributed by atoms with Crippen molar-refractivity contribution in [1.29, 1.82) is 0 Å². The number of aryl methyl sites for hydroxylation is 1. The minimum atomic E-state index is -1.30. The third-order valence-electron chi connectivity index (χ3n) is 4.24. The second kappa shape index (κ2) is 8.30. The molecule has 2 N–H and O–H groups in total. The number of benzene rings is 1. The summed E-state index contributed by atoms with van der Waals surface area (Å²) in [6, 6.07) is 12.5. The van der Waals surface area contributed by atoms with Crippen LogP contribution in [0.4, 0.5) is 0 Å². The lowest BCUT2D eigenvalue weighted by Crippen LogP contribution is -2.38. The fourth-order valence-electron chi connectivity index (χ4n) is 2.88. The molecule has 0 saturated carbocycles. The first-order valence-corrected chi connectivity index (χ1v) is 8.64. The zero-order valence-electron chi connectivity index (χ0n) is 15.2. The highest BCUT2D eigenvalue weighted by Crippen LogP contribution is 2.12. The van der Waals surface area contributed by atoms with Crippen molar-refractivity contribution in [3.05, 3.63) is 99.7 Å². The van der Waals surface area contributed by atoms with Crippen molar-refractivity contribution in [3.63, 3.8) is 0 Å². The Morgan fingerprint density at radius 2 is 2.00 bits per heavy atom. The van der Waals surface area contributed by atoms with Gasteiger partial charge < -0.3 is 15.0 Å². The summed E-state index contributed by atoms with van der Waals surface area (Å²) in [5, 5.41) is 11.8. The van der Waals surface area contributed by atoms with Gasteiger partial charge in [-0.2, -0.15) is 0 Å². The van der Waals surface area contributed by atoms with E-state index in [2.05, 4.69) is 10.3 Å². The maximum atomic E-state index is 12.7. The maximum Gasteiger partial charge on any atom is 0.330 e. The molecule has 3 rings (SSSR count). The molecule has 1 unspecified atom stereocenters. The number of carboxylic acids is 1. The number of carbonyl (C=O) groups excluding carboxylic acids is 1. The summed E-state index contributed by atoms with van der Waals surface area (Å²) in [4.78, 5) is 40.8. The van der Waals surface area contributed by atoms with Crippen molar-refractivity contribution in [2.24, 2.45) is 0 Å². The van der Waals surface area contributed by atoms with Gasteiger partial charge in [-0.05, 0) is 30.7 Å². The number of aliphatic carboxylic acids is 1. The molecular weight excluding hydrogens is 358 g/mol. The lowest BCUT2D eigenvalue weighted by molar-refractivity contribution is -0.139. The third kappa shape index (κ3) is 4.32. The van der Waals surface area contributed by atoms with Crippen molar-refractivity contribution >= 4 is 11.9 Å². The standard InChI is InChI=1S/C21H19N3O4/c1-14-5-2-6-15(11-14)13-24-10-4-8-17(20(24)26)19(25)23-18(21(27)28)16-7-3-9-22-12-16/h2-12,18H,13H2,1H3,(H,23,25)(H,27,28). The van der Waals surface area contributed by atoms with E-state index in [0.29, 0.717) is 12.1 Å². The third-order valence-corrected chi connectivity index (χ3v) is 4.24. The Kier molecular flexibility index (Phi) is 5.64. The lowest BCUT2D eigenvalue weighted by Gasteiger charge is -2.15. The van der Waals surface area contributed by atoms with Crippen LogP contribution >= 0.6 is 0 Å². The number of nitrogens with zero attached hydrogens (tertiary/aromatic N) is 2. The monoisotopic (exact) mass is 377 g/mol. The van der Waals surface area contributed by atoms with Crippen molar-refractivity contribution in [3.8, 4) is 0 Å². The Morgan fingerprint density at radius 3 is 2.68 bits per heavy atom. The highest BCUT2D eigenvalue weighted by Gasteiger charge is 2.24. The van der Waals surface area contributed by atoms with Gasteiger partial charge in [0.25, 0.3) is 11.5 Å². The Balaban J connectivity index is 1.86. The smallest absolute Gasteiger partial charge is 0.330 e. The van der Waals surface area contributed by atoms with Gasteiger partial charge in [-0.1, -0.05) is 35.9 Å². The molecule has 0 radical (unpaired) electrons. The molecule has 3 aromatic rings. The van der Waals surface area contributed by atoms with Crippen LogP contribution in [0, 0.1) is 6.92 Å². The van der Waals surface area contributed by atoms with Crippen LogP contribution in [0.1, 0.15) is 33.1 Å². The average molecular weight is 377 g/mol. The summed E-state index contributed by atoms with van der Waals surface area (Å²) in [6.45, 7) is 2.27. The molecule has 7 heteroatoms. The van der Waals surface area contributed by atoms with Gasteiger partial charge in [0, 0.05) is 24.2 Å². The van der Waals surface area contributed by atoms with E-state index in [1.807, 2.05) is 31.2 Å². The highest BCUT2D eigenvalue weighted by atomic mass is 16.4. The fraction of sp³-hybridized carbons (Fsp3) is 0.143. The van der Waals surface area contributed by atoms with Gasteiger partial charge in [0.2, 0.25) is 0 Å². The van der Waals surface area contributed by atoms with Crippen molar-refractivity contribution in [1.82, 2.24) is 14.9 Å². The molecule has 1 atom stereocenters. The predicted octanol–water partition coefficient (Wildman–Crippen LogP) is 2.16. The van der Waals surface area contributed by atoms with Gasteiger partial charge in [0.1, 0.15) is 5.56 Å². The molecular formula is C21H19N3O4. The number of carboxylic acid groups (broad SMARTS) is 1. The van der Waals surface area contributed by atoms with Crippen molar-refractivity contribution in [2.45, 2.75) is 19.5 Å². The first-order chi connectivity index (χ1) is 13.5. The summed E-state index contributed by atoms with van der Waals surface area (Å²) < 4.78 is 1.42. The Morgan fingerprint density at radius 1 is 1.18 bits per heavy atom. The number of hydrogen-bond donors (Lipinski definition) is 2. The number of hydrogen-bond acceptors (Lipinski definition) is 4. The molecule has 2 heterocycles. The minimum Gasteiger partial charge on any atom is -0.479 e. The Hall–Kier alpha value is -3.74. The molecule has 0 aliphatic heterocycles. The SMILES string of the molecule is Cc1cccc(Cn2cccc(C(=O)NC(C(=O)O)c3cccnc3)c2=O)c1. The largest absolute Gasteiger partial charge is 0.479 e. The van der Waals surface area contributed by atoms with Crippen LogP contribution in [0.25, 0.3) is 0 Å². The summed E-state index contributed by atoms with van der Waals surface area (Å²) in [6.07, 6.45) is 4.46. The van der Waals surface area contributed by atoms with Crippen LogP contribution in [0.3, 0.4) is 0 Å². The molecule has 0 spiro atoms. The van der Waals surface area contributed by atoms with E-state index in [1.54, 1.807) is 24.4 Å². The number of amides is 1. The van der Waals surface area contributed by atoms with Gasteiger partial charge in [-0.15, -0.1) is 0 Å². The fourth-order valence-corrected chi connectivity index (χ4v) is 2.88.